The van der Waals surface area contributed by atoms with E-state index in [0.29, 0.717) is 24.6 Å². The molecule has 1 saturated heterocycles. The first-order valence-electron chi connectivity index (χ1n) is 9.96. The highest BCUT2D eigenvalue weighted by Crippen LogP contribution is 2.32. The molecular formula is C23H25N3O3. The van der Waals surface area contributed by atoms with Crippen molar-refractivity contribution in [3.63, 3.8) is 0 Å². The highest BCUT2D eigenvalue weighted by atomic mass is 16.5. The number of oxazole rings is 1. The van der Waals surface area contributed by atoms with E-state index in [4.69, 9.17) is 9.15 Å². The van der Waals surface area contributed by atoms with E-state index in [1.54, 1.807) is 19.5 Å². The quantitative estimate of drug-likeness (QED) is 0.647. The van der Waals surface area contributed by atoms with Crippen molar-refractivity contribution in [3.05, 3.63) is 77.3 Å². The maximum atomic E-state index is 13.2. The molecule has 6 heteroatoms. The number of piperidine rings is 1. The van der Waals surface area contributed by atoms with E-state index in [0.717, 1.165) is 41.9 Å². The number of aromatic nitrogens is 2. The standard InChI is InChI=1S/C23H25N3O3/c1-16-8-7-12-24-21(16)23(27)26-13-6-5-10-19(26)22-25-15-18(29-22)14-17-9-3-4-11-20(17)28-2/h3-4,7-9,11-12,15,19H,5-6,10,13-14H2,1-2H3/t19-/m1/s1. The molecule has 1 amide bonds. The lowest BCUT2D eigenvalue weighted by atomic mass is 10.0. The smallest absolute Gasteiger partial charge is 0.273 e. The van der Waals surface area contributed by atoms with E-state index >= 15 is 0 Å². The van der Waals surface area contributed by atoms with Gasteiger partial charge in [-0.05, 0) is 43.9 Å². The van der Waals surface area contributed by atoms with E-state index in [9.17, 15) is 4.79 Å². The molecule has 29 heavy (non-hydrogen) atoms. The zero-order chi connectivity index (χ0) is 20.2. The van der Waals surface area contributed by atoms with Crippen LogP contribution < -0.4 is 4.74 Å². The molecule has 0 unspecified atom stereocenters. The van der Waals surface area contributed by atoms with Gasteiger partial charge < -0.3 is 14.1 Å². The number of likely N-dealkylation sites (tertiary alicyclic amines) is 1. The number of para-hydroxylation sites is 1. The Bertz CT molecular complexity index is 998. The second-order valence-electron chi connectivity index (χ2n) is 7.33. The van der Waals surface area contributed by atoms with Crippen LogP contribution >= 0.6 is 0 Å². The summed E-state index contributed by atoms with van der Waals surface area (Å²) in [5, 5.41) is 0. The molecule has 3 heterocycles. The maximum absolute atomic E-state index is 13.2. The number of pyridine rings is 1. The molecule has 0 spiro atoms. The minimum Gasteiger partial charge on any atom is -0.496 e. The molecule has 1 aliphatic heterocycles. The van der Waals surface area contributed by atoms with Crippen molar-refractivity contribution in [1.82, 2.24) is 14.9 Å². The van der Waals surface area contributed by atoms with Gasteiger partial charge in [0.15, 0.2) is 0 Å². The van der Waals surface area contributed by atoms with Crippen molar-refractivity contribution in [1.29, 1.82) is 0 Å². The Morgan fingerprint density at radius 3 is 2.90 bits per heavy atom. The number of amides is 1. The van der Waals surface area contributed by atoms with Gasteiger partial charge in [-0.3, -0.25) is 9.78 Å². The summed E-state index contributed by atoms with van der Waals surface area (Å²) in [4.78, 5) is 23.8. The number of methoxy groups -OCH3 is 1. The van der Waals surface area contributed by atoms with Crippen LogP contribution in [0.25, 0.3) is 0 Å². The van der Waals surface area contributed by atoms with Gasteiger partial charge >= 0.3 is 0 Å². The van der Waals surface area contributed by atoms with Gasteiger partial charge in [0.2, 0.25) is 5.89 Å². The average Bonchev–Trinajstić information content (AvgIpc) is 3.22. The fraction of sp³-hybridized carbons (Fsp3) is 0.348. The third kappa shape index (κ3) is 4.01. The first-order chi connectivity index (χ1) is 14.2. The Balaban J connectivity index is 1.57. The van der Waals surface area contributed by atoms with Crippen LogP contribution in [-0.2, 0) is 6.42 Å². The van der Waals surface area contributed by atoms with Crippen LogP contribution in [0, 0.1) is 6.92 Å². The second kappa shape index (κ2) is 8.47. The number of nitrogens with zero attached hydrogens (tertiary/aromatic N) is 3. The first kappa shape index (κ1) is 19.2. The van der Waals surface area contributed by atoms with Crippen LogP contribution in [0.15, 0.2) is 53.2 Å². The van der Waals surface area contributed by atoms with Crippen LogP contribution in [0.1, 0.15) is 58.6 Å². The van der Waals surface area contributed by atoms with Crippen molar-refractivity contribution >= 4 is 5.91 Å². The topological polar surface area (TPSA) is 68.5 Å². The van der Waals surface area contributed by atoms with Gasteiger partial charge in [-0.2, -0.15) is 0 Å². The SMILES string of the molecule is COc1ccccc1Cc1cnc([C@H]2CCCCN2C(=O)c2ncccc2C)o1. The minimum absolute atomic E-state index is 0.0581. The van der Waals surface area contributed by atoms with Crippen molar-refractivity contribution < 1.29 is 13.9 Å². The second-order valence-corrected chi connectivity index (χ2v) is 7.33. The van der Waals surface area contributed by atoms with Crippen molar-refractivity contribution in [3.8, 4) is 5.75 Å². The van der Waals surface area contributed by atoms with E-state index < -0.39 is 0 Å². The molecule has 3 aromatic rings. The number of ether oxygens (including phenoxy) is 1. The Hall–Kier alpha value is -3.15. The van der Waals surface area contributed by atoms with E-state index in [1.165, 1.54) is 0 Å². The third-order valence-electron chi connectivity index (χ3n) is 5.39. The lowest BCUT2D eigenvalue weighted by Gasteiger charge is -2.33. The summed E-state index contributed by atoms with van der Waals surface area (Å²) in [5.74, 6) is 2.12. The minimum atomic E-state index is -0.163. The summed E-state index contributed by atoms with van der Waals surface area (Å²) >= 11 is 0. The number of benzene rings is 1. The van der Waals surface area contributed by atoms with Crippen LogP contribution in [0.3, 0.4) is 0 Å². The zero-order valence-corrected chi connectivity index (χ0v) is 16.8. The Labute approximate surface area is 170 Å². The maximum Gasteiger partial charge on any atom is 0.273 e. The fourth-order valence-corrected chi connectivity index (χ4v) is 3.87. The summed E-state index contributed by atoms with van der Waals surface area (Å²) in [6, 6.07) is 11.5. The Kier molecular flexibility index (Phi) is 5.60. The van der Waals surface area contributed by atoms with Gasteiger partial charge in [0, 0.05) is 24.7 Å². The van der Waals surface area contributed by atoms with Gasteiger partial charge in [-0.25, -0.2) is 4.98 Å². The van der Waals surface area contributed by atoms with Gasteiger partial charge in [0.05, 0.1) is 13.3 Å². The molecule has 6 nitrogen and oxygen atoms in total. The predicted octanol–water partition coefficient (Wildman–Crippen LogP) is 4.34. The summed E-state index contributed by atoms with van der Waals surface area (Å²) < 4.78 is 11.5. The fourth-order valence-electron chi connectivity index (χ4n) is 3.87. The van der Waals surface area contributed by atoms with Crippen LogP contribution in [0.4, 0.5) is 0 Å². The van der Waals surface area contributed by atoms with Crippen molar-refractivity contribution in [2.24, 2.45) is 0 Å². The zero-order valence-electron chi connectivity index (χ0n) is 16.8. The van der Waals surface area contributed by atoms with Crippen LogP contribution in [-0.4, -0.2) is 34.4 Å². The molecule has 0 N–H and O–H groups in total. The van der Waals surface area contributed by atoms with Gasteiger partial charge in [-0.15, -0.1) is 0 Å². The van der Waals surface area contributed by atoms with Crippen molar-refractivity contribution in [2.45, 2.75) is 38.6 Å². The molecular weight excluding hydrogens is 366 g/mol. The highest BCUT2D eigenvalue weighted by Gasteiger charge is 2.33. The molecule has 1 atom stereocenters. The summed E-state index contributed by atoms with van der Waals surface area (Å²) in [6.45, 7) is 2.60. The number of carbonyl (C=O) groups is 1. The van der Waals surface area contributed by atoms with Gasteiger partial charge in [0.1, 0.15) is 23.2 Å². The first-order valence-corrected chi connectivity index (χ1v) is 9.96. The van der Waals surface area contributed by atoms with Crippen LogP contribution in [0.5, 0.6) is 5.75 Å². The molecule has 0 aliphatic carbocycles. The largest absolute Gasteiger partial charge is 0.496 e. The number of rotatable bonds is 5. The molecule has 0 radical (unpaired) electrons. The molecule has 150 valence electrons. The lowest BCUT2D eigenvalue weighted by molar-refractivity contribution is 0.0563. The molecule has 0 saturated carbocycles. The normalized spacial score (nSPS) is 16.6. The molecule has 0 bridgehead atoms. The number of hydrogen-bond donors (Lipinski definition) is 0. The van der Waals surface area contributed by atoms with Crippen LogP contribution in [0.2, 0.25) is 0 Å². The average molecular weight is 391 g/mol. The predicted molar refractivity (Wildman–Crippen MR) is 109 cm³/mol. The number of aryl methyl sites for hydroxylation is 1. The van der Waals surface area contributed by atoms with Crippen molar-refractivity contribution in [2.75, 3.05) is 13.7 Å². The number of carbonyl (C=O) groups excluding carboxylic acids is 1. The molecule has 1 aromatic carbocycles. The summed E-state index contributed by atoms with van der Waals surface area (Å²) in [5.41, 5.74) is 2.42. The highest BCUT2D eigenvalue weighted by molar-refractivity contribution is 5.93. The molecule has 2 aromatic heterocycles. The van der Waals surface area contributed by atoms with Gasteiger partial charge in [-0.1, -0.05) is 24.3 Å². The van der Waals surface area contributed by atoms with E-state index in [-0.39, 0.29) is 11.9 Å². The summed E-state index contributed by atoms with van der Waals surface area (Å²) in [7, 11) is 1.66. The molecule has 1 aliphatic rings. The number of hydrogen-bond acceptors (Lipinski definition) is 5. The van der Waals surface area contributed by atoms with E-state index in [1.807, 2.05) is 48.2 Å². The summed E-state index contributed by atoms with van der Waals surface area (Å²) in [6.07, 6.45) is 6.87. The molecule has 1 fully saturated rings. The van der Waals surface area contributed by atoms with Gasteiger partial charge in [0.25, 0.3) is 5.91 Å². The molecule has 4 rings (SSSR count). The Morgan fingerprint density at radius 1 is 1.21 bits per heavy atom. The van der Waals surface area contributed by atoms with E-state index in [2.05, 4.69) is 9.97 Å². The Morgan fingerprint density at radius 2 is 2.07 bits per heavy atom. The monoisotopic (exact) mass is 391 g/mol. The third-order valence-corrected chi connectivity index (χ3v) is 5.39. The lowest BCUT2D eigenvalue weighted by Crippen LogP contribution is -2.39.